The molecule has 0 saturated heterocycles. The van der Waals surface area contributed by atoms with Crippen molar-refractivity contribution in [1.82, 2.24) is 0 Å². The van der Waals surface area contributed by atoms with E-state index in [1.54, 1.807) is 11.1 Å². The highest BCUT2D eigenvalue weighted by Crippen LogP contribution is 2.49. The van der Waals surface area contributed by atoms with Gasteiger partial charge >= 0.3 is 0 Å². The van der Waals surface area contributed by atoms with E-state index in [1.807, 2.05) is 0 Å². The second-order valence-corrected chi connectivity index (χ2v) is 14.0. The minimum absolute atomic E-state index is 0.0778. The van der Waals surface area contributed by atoms with Crippen molar-refractivity contribution < 1.29 is 4.74 Å². The minimum atomic E-state index is 0.0778. The smallest absolute Gasteiger partial charge is 0.143 e. The van der Waals surface area contributed by atoms with E-state index in [2.05, 4.69) is 93.8 Å². The fourth-order valence-corrected chi connectivity index (χ4v) is 8.14. The lowest BCUT2D eigenvalue weighted by Gasteiger charge is -2.53. The predicted octanol–water partition coefficient (Wildman–Crippen LogP) is 8.11. The molecule has 5 atom stereocenters. The Hall–Kier alpha value is -2.16. The van der Waals surface area contributed by atoms with Crippen molar-refractivity contribution in [3.8, 4) is 5.75 Å². The van der Waals surface area contributed by atoms with Crippen molar-refractivity contribution in [1.29, 1.82) is 0 Å². The summed E-state index contributed by atoms with van der Waals surface area (Å²) in [6.07, 6.45) is 10.6. The summed E-state index contributed by atoms with van der Waals surface area (Å²) in [6.45, 7) is 14.3. The number of anilines is 2. The first-order valence-electron chi connectivity index (χ1n) is 14.6. The maximum absolute atomic E-state index is 6.71. The highest BCUT2D eigenvalue weighted by atomic mass is 16.5. The summed E-state index contributed by atoms with van der Waals surface area (Å²) in [4.78, 5) is 5.45. The molecule has 36 heavy (non-hydrogen) atoms. The van der Waals surface area contributed by atoms with Crippen LogP contribution in [0.3, 0.4) is 0 Å². The van der Waals surface area contributed by atoms with Crippen LogP contribution in [0.4, 0.5) is 11.4 Å². The molecule has 0 amide bonds. The molecule has 3 nitrogen and oxygen atoms in total. The zero-order valence-corrected chi connectivity index (χ0v) is 23.4. The molecule has 0 aromatic heterocycles. The molecule has 0 spiro atoms. The maximum Gasteiger partial charge on any atom is 0.143 e. The molecule has 0 radical (unpaired) electrons. The van der Waals surface area contributed by atoms with E-state index in [-0.39, 0.29) is 17.2 Å². The summed E-state index contributed by atoms with van der Waals surface area (Å²) in [6, 6.07) is 17.4. The number of rotatable bonds is 1. The first kappa shape index (κ1) is 24.2. The van der Waals surface area contributed by atoms with E-state index < -0.39 is 0 Å². The van der Waals surface area contributed by atoms with Gasteiger partial charge in [0.2, 0.25) is 0 Å². The van der Waals surface area contributed by atoms with E-state index in [1.165, 1.54) is 56.3 Å². The zero-order chi connectivity index (χ0) is 25.2. The Kier molecular flexibility index (Phi) is 5.85. The Balaban J connectivity index is 1.29. The normalized spacial score (nSPS) is 30.0. The third-order valence-corrected chi connectivity index (χ3v) is 9.45. The lowest BCUT2D eigenvalue weighted by Crippen LogP contribution is -2.59. The van der Waals surface area contributed by atoms with Gasteiger partial charge in [-0.25, -0.2) is 0 Å². The van der Waals surface area contributed by atoms with Crippen molar-refractivity contribution in [2.45, 2.75) is 128 Å². The molecule has 2 aromatic rings. The molecule has 4 aliphatic rings. The maximum atomic E-state index is 6.71. The number of ether oxygens (including phenoxy) is 1. The number of fused-ring (bicyclic) bond motifs is 4. The molecule has 2 fully saturated rings. The molecular formula is C33H46N2O. The van der Waals surface area contributed by atoms with Gasteiger partial charge in [0.05, 0.1) is 11.7 Å². The molecule has 6 rings (SSSR count). The van der Waals surface area contributed by atoms with E-state index in [4.69, 9.17) is 4.74 Å². The number of nitrogens with zero attached hydrogens (tertiary/aromatic N) is 2. The average Bonchev–Trinajstić information content (AvgIpc) is 2.83. The fraction of sp³-hybridized carbons (Fsp3) is 0.636. The largest absolute Gasteiger partial charge is 0.486 e. The van der Waals surface area contributed by atoms with Crippen LogP contribution in [-0.4, -0.2) is 29.3 Å². The molecule has 2 aliphatic carbocycles. The standard InChI is InChI=1S/C33H46N2O/c1-32(2,3)34-26-12-8-7-11-24(26)20-25-19-22(15-17-27(25)34)23-16-18-29-31(21-23)36-30-14-10-9-13-28(30)35(29)33(4,5)6/h9-10,13-15,17,19,23-24,26,29,31H,7-8,11-12,16,18,20-21H2,1-6H3. The van der Waals surface area contributed by atoms with Crippen LogP contribution < -0.4 is 14.5 Å². The van der Waals surface area contributed by atoms with E-state index in [0.717, 1.165) is 18.1 Å². The number of hydrogen-bond acceptors (Lipinski definition) is 3. The monoisotopic (exact) mass is 486 g/mol. The average molecular weight is 487 g/mol. The van der Waals surface area contributed by atoms with Gasteiger partial charge in [-0.1, -0.05) is 37.1 Å². The third-order valence-electron chi connectivity index (χ3n) is 9.45. The topological polar surface area (TPSA) is 15.7 Å². The molecule has 2 heterocycles. The van der Waals surface area contributed by atoms with Crippen LogP contribution in [0.5, 0.6) is 5.75 Å². The van der Waals surface area contributed by atoms with Crippen molar-refractivity contribution in [3.63, 3.8) is 0 Å². The second kappa shape index (κ2) is 8.71. The number of benzene rings is 2. The van der Waals surface area contributed by atoms with Gasteiger partial charge in [0, 0.05) is 22.8 Å². The lowest BCUT2D eigenvalue weighted by atomic mass is 9.73. The molecule has 0 N–H and O–H groups in total. The molecule has 2 aromatic carbocycles. The summed E-state index contributed by atoms with van der Waals surface area (Å²) in [7, 11) is 0. The van der Waals surface area contributed by atoms with Gasteiger partial charge in [-0.15, -0.1) is 0 Å². The van der Waals surface area contributed by atoms with Gasteiger partial charge in [0.15, 0.2) is 0 Å². The molecule has 2 saturated carbocycles. The van der Waals surface area contributed by atoms with Crippen LogP contribution in [0, 0.1) is 5.92 Å². The summed E-state index contributed by atoms with van der Waals surface area (Å²) in [5, 5.41) is 0. The Morgan fingerprint density at radius 2 is 1.47 bits per heavy atom. The Morgan fingerprint density at radius 1 is 0.750 bits per heavy atom. The fourth-order valence-electron chi connectivity index (χ4n) is 8.14. The highest BCUT2D eigenvalue weighted by molar-refractivity contribution is 5.63. The molecular weight excluding hydrogens is 440 g/mol. The van der Waals surface area contributed by atoms with Crippen LogP contribution in [-0.2, 0) is 6.42 Å². The van der Waals surface area contributed by atoms with Crippen LogP contribution in [0.15, 0.2) is 42.5 Å². The van der Waals surface area contributed by atoms with Crippen LogP contribution in [0.25, 0.3) is 0 Å². The van der Waals surface area contributed by atoms with Crippen molar-refractivity contribution in [2.75, 3.05) is 9.80 Å². The quantitative estimate of drug-likeness (QED) is 0.405. The second-order valence-electron chi connectivity index (χ2n) is 14.0. The van der Waals surface area contributed by atoms with Gasteiger partial charge in [-0.2, -0.15) is 0 Å². The van der Waals surface area contributed by atoms with Gasteiger partial charge < -0.3 is 14.5 Å². The summed E-state index contributed by atoms with van der Waals surface area (Å²) in [5.74, 6) is 2.45. The van der Waals surface area contributed by atoms with Crippen molar-refractivity contribution in [3.05, 3.63) is 53.6 Å². The Morgan fingerprint density at radius 3 is 2.25 bits per heavy atom. The van der Waals surface area contributed by atoms with Crippen molar-refractivity contribution in [2.24, 2.45) is 5.92 Å². The third kappa shape index (κ3) is 4.11. The first-order valence-corrected chi connectivity index (χ1v) is 14.6. The minimum Gasteiger partial charge on any atom is -0.486 e. The molecule has 5 unspecified atom stereocenters. The molecule has 2 aliphatic heterocycles. The molecule has 0 bridgehead atoms. The lowest BCUT2D eigenvalue weighted by molar-refractivity contribution is 0.0932. The van der Waals surface area contributed by atoms with Gasteiger partial charge in [-0.05, 0) is 121 Å². The molecule has 3 heteroatoms. The zero-order valence-electron chi connectivity index (χ0n) is 23.4. The van der Waals surface area contributed by atoms with Crippen LogP contribution in [0.1, 0.15) is 104 Å². The van der Waals surface area contributed by atoms with Gasteiger partial charge in [0.25, 0.3) is 0 Å². The van der Waals surface area contributed by atoms with Gasteiger partial charge in [0.1, 0.15) is 11.9 Å². The summed E-state index contributed by atoms with van der Waals surface area (Å²) in [5.41, 5.74) is 6.15. The van der Waals surface area contributed by atoms with E-state index in [9.17, 15) is 0 Å². The van der Waals surface area contributed by atoms with Crippen LogP contribution >= 0.6 is 0 Å². The predicted molar refractivity (Wildman–Crippen MR) is 152 cm³/mol. The van der Waals surface area contributed by atoms with E-state index >= 15 is 0 Å². The SMILES string of the molecule is CC(C)(C)N1c2ccc(C3CCC4C(C3)Oc3ccccc3N4C(C)(C)C)cc2CC2CCCCC21. The molecule has 194 valence electrons. The van der Waals surface area contributed by atoms with Gasteiger partial charge in [-0.3, -0.25) is 0 Å². The number of para-hydroxylation sites is 2. The Labute approximate surface area is 219 Å². The van der Waals surface area contributed by atoms with Crippen molar-refractivity contribution >= 4 is 11.4 Å². The first-order chi connectivity index (χ1) is 17.1. The summed E-state index contributed by atoms with van der Waals surface area (Å²) < 4.78 is 6.71. The van der Waals surface area contributed by atoms with Crippen LogP contribution in [0.2, 0.25) is 0 Å². The number of hydrogen-bond donors (Lipinski definition) is 0. The highest BCUT2D eigenvalue weighted by Gasteiger charge is 2.45. The Bertz CT molecular complexity index is 1110. The van der Waals surface area contributed by atoms with E-state index in [0.29, 0.717) is 18.0 Å². The summed E-state index contributed by atoms with van der Waals surface area (Å²) >= 11 is 0.